The van der Waals surface area contributed by atoms with Gasteiger partial charge in [-0.25, -0.2) is 0 Å². The molecule has 1 saturated carbocycles. The van der Waals surface area contributed by atoms with Gasteiger partial charge in [-0.15, -0.1) is 0 Å². The largest absolute Gasteiger partial charge is 0.468 e. The molecule has 0 aliphatic heterocycles. The number of ketones is 1. The van der Waals surface area contributed by atoms with Gasteiger partial charge in [0.2, 0.25) is 0 Å². The van der Waals surface area contributed by atoms with Gasteiger partial charge in [-0.1, -0.05) is 24.3 Å². The Morgan fingerprint density at radius 1 is 1.17 bits per heavy atom. The number of rotatable bonds is 1. The fourth-order valence-electron chi connectivity index (χ4n) is 4.15. The summed E-state index contributed by atoms with van der Waals surface area (Å²) in [5.74, 6) is -0.784. The first-order valence-electron chi connectivity index (χ1n) is 6.57. The topological polar surface area (TPSA) is 43.4 Å². The summed E-state index contributed by atoms with van der Waals surface area (Å²) in [7, 11) is 1.37. The van der Waals surface area contributed by atoms with Crippen LogP contribution in [0.4, 0.5) is 0 Å². The van der Waals surface area contributed by atoms with Crippen molar-refractivity contribution in [2.24, 2.45) is 16.7 Å². The van der Waals surface area contributed by atoms with E-state index in [0.29, 0.717) is 6.42 Å². The second-order valence-electron chi connectivity index (χ2n) is 5.77. The smallest absolute Gasteiger partial charge is 0.316 e. The predicted molar refractivity (Wildman–Crippen MR) is 66.7 cm³/mol. The molecule has 3 nitrogen and oxygen atoms in total. The highest BCUT2D eigenvalue weighted by Gasteiger charge is 2.64. The number of hydrogen-bond donors (Lipinski definition) is 0. The number of carbonyl (C=O) groups excluding carboxylic acids is 2. The van der Waals surface area contributed by atoms with E-state index in [1.54, 1.807) is 0 Å². The summed E-state index contributed by atoms with van der Waals surface area (Å²) in [5.41, 5.74) is -0.373. The molecule has 0 saturated heterocycles. The van der Waals surface area contributed by atoms with E-state index in [1.165, 1.54) is 7.11 Å². The lowest BCUT2D eigenvalue weighted by molar-refractivity contribution is -0.149. The van der Waals surface area contributed by atoms with Crippen LogP contribution in [0.1, 0.15) is 32.1 Å². The summed E-state index contributed by atoms with van der Waals surface area (Å²) < 4.78 is 4.81. The van der Waals surface area contributed by atoms with Crippen LogP contribution in [0.15, 0.2) is 24.3 Å². The maximum absolute atomic E-state index is 12.7. The van der Waals surface area contributed by atoms with Crippen LogP contribution in [0.5, 0.6) is 0 Å². The van der Waals surface area contributed by atoms with Crippen LogP contribution in [-0.2, 0) is 14.3 Å². The molecule has 0 aromatic heterocycles. The molecule has 1 fully saturated rings. The van der Waals surface area contributed by atoms with Crippen LogP contribution in [0.25, 0.3) is 0 Å². The molecule has 3 aliphatic rings. The number of hydrogen-bond acceptors (Lipinski definition) is 3. The maximum atomic E-state index is 12.7. The van der Waals surface area contributed by atoms with E-state index < -0.39 is 5.92 Å². The van der Waals surface area contributed by atoms with Crippen molar-refractivity contribution in [3.63, 3.8) is 0 Å². The molecule has 96 valence electrons. The molecule has 0 radical (unpaired) electrons. The molecule has 3 heteroatoms. The number of carbonyl (C=O) groups is 2. The molecule has 3 rings (SSSR count). The van der Waals surface area contributed by atoms with Crippen LogP contribution in [0, 0.1) is 16.7 Å². The van der Waals surface area contributed by atoms with Crippen molar-refractivity contribution in [1.82, 2.24) is 0 Å². The van der Waals surface area contributed by atoms with E-state index >= 15 is 0 Å². The molecule has 0 amide bonds. The van der Waals surface area contributed by atoms with Crippen molar-refractivity contribution in [3.05, 3.63) is 24.3 Å². The minimum Gasteiger partial charge on any atom is -0.468 e. The Bertz CT molecular complexity index is 440. The number of esters is 1. The van der Waals surface area contributed by atoms with Gasteiger partial charge in [-0.3, -0.25) is 9.59 Å². The predicted octanol–water partition coefficient (Wildman–Crippen LogP) is 2.42. The average molecular weight is 246 g/mol. The van der Waals surface area contributed by atoms with E-state index in [9.17, 15) is 9.59 Å². The van der Waals surface area contributed by atoms with E-state index in [4.69, 9.17) is 4.74 Å². The lowest BCUT2D eigenvalue weighted by Crippen LogP contribution is -2.44. The Morgan fingerprint density at radius 3 is 2.22 bits per heavy atom. The van der Waals surface area contributed by atoms with Gasteiger partial charge in [0.1, 0.15) is 5.92 Å². The van der Waals surface area contributed by atoms with Crippen LogP contribution < -0.4 is 0 Å². The summed E-state index contributed by atoms with van der Waals surface area (Å²) in [6, 6.07) is 0. The van der Waals surface area contributed by atoms with Crippen molar-refractivity contribution >= 4 is 11.8 Å². The third-order valence-corrected chi connectivity index (χ3v) is 5.17. The Kier molecular flexibility index (Phi) is 2.47. The average Bonchev–Trinajstić information content (AvgIpc) is 2.69. The standard InChI is InChI=1S/C15H18O3/c1-18-13(17)11-10-14-6-2-4-8-15(14,12(11)16)9-5-3-7-14/h2-5,11H,6-10H2,1H3. The molecule has 1 unspecified atom stereocenters. The Hall–Kier alpha value is -1.38. The first kappa shape index (κ1) is 11.7. The molecule has 1 atom stereocenters. The molecule has 0 N–H and O–H groups in total. The maximum Gasteiger partial charge on any atom is 0.316 e. The summed E-state index contributed by atoms with van der Waals surface area (Å²) in [6.07, 6.45) is 12.6. The quantitative estimate of drug-likeness (QED) is 0.405. The minimum atomic E-state index is -0.546. The number of ether oxygens (including phenoxy) is 1. The molecule has 18 heavy (non-hydrogen) atoms. The van der Waals surface area contributed by atoms with Gasteiger partial charge < -0.3 is 4.74 Å². The van der Waals surface area contributed by atoms with Gasteiger partial charge in [-0.05, 0) is 37.5 Å². The zero-order valence-corrected chi connectivity index (χ0v) is 10.6. The summed E-state index contributed by atoms with van der Waals surface area (Å²) >= 11 is 0. The van der Waals surface area contributed by atoms with Gasteiger partial charge in [0.25, 0.3) is 0 Å². The van der Waals surface area contributed by atoms with Gasteiger partial charge in [0, 0.05) is 5.41 Å². The van der Waals surface area contributed by atoms with Crippen molar-refractivity contribution in [3.8, 4) is 0 Å². The monoisotopic (exact) mass is 246 g/mol. The SMILES string of the molecule is COC(=O)C1CC23CC=CCC2(CC=CC3)C1=O. The van der Waals surface area contributed by atoms with Crippen molar-refractivity contribution in [1.29, 1.82) is 0 Å². The van der Waals surface area contributed by atoms with E-state index in [2.05, 4.69) is 24.3 Å². The second kappa shape index (κ2) is 3.81. The molecular weight excluding hydrogens is 228 g/mol. The van der Waals surface area contributed by atoms with Gasteiger partial charge in [-0.2, -0.15) is 0 Å². The highest BCUT2D eigenvalue weighted by molar-refractivity contribution is 6.05. The molecule has 3 aliphatic carbocycles. The van der Waals surface area contributed by atoms with E-state index in [1.807, 2.05) is 0 Å². The van der Waals surface area contributed by atoms with Crippen LogP contribution in [0.2, 0.25) is 0 Å². The van der Waals surface area contributed by atoms with Crippen molar-refractivity contribution < 1.29 is 14.3 Å². The third kappa shape index (κ3) is 1.25. The number of Topliss-reactive ketones (excluding diaryl/α,β-unsaturated/α-hetero) is 1. The fraction of sp³-hybridized carbons (Fsp3) is 0.600. The van der Waals surface area contributed by atoms with Crippen LogP contribution >= 0.6 is 0 Å². The summed E-state index contributed by atoms with van der Waals surface area (Å²) in [6.45, 7) is 0. The van der Waals surface area contributed by atoms with Gasteiger partial charge in [0.15, 0.2) is 5.78 Å². The third-order valence-electron chi connectivity index (χ3n) is 5.17. The van der Waals surface area contributed by atoms with Crippen molar-refractivity contribution in [2.75, 3.05) is 7.11 Å². The normalized spacial score (nSPS) is 41.4. The number of methoxy groups -OCH3 is 1. The first-order valence-corrected chi connectivity index (χ1v) is 6.57. The molecule has 0 aromatic carbocycles. The summed E-state index contributed by atoms with van der Waals surface area (Å²) in [4.78, 5) is 24.5. The molecule has 0 spiro atoms. The fourth-order valence-corrected chi connectivity index (χ4v) is 4.15. The Morgan fingerprint density at radius 2 is 1.72 bits per heavy atom. The van der Waals surface area contributed by atoms with Gasteiger partial charge >= 0.3 is 5.97 Å². The lowest BCUT2D eigenvalue weighted by atomic mass is 9.55. The molecule has 0 heterocycles. The minimum absolute atomic E-state index is 0.0353. The highest BCUT2D eigenvalue weighted by atomic mass is 16.5. The zero-order valence-electron chi connectivity index (χ0n) is 10.6. The Balaban J connectivity index is 2.06. The van der Waals surface area contributed by atoms with Crippen LogP contribution in [-0.4, -0.2) is 18.9 Å². The Labute approximate surface area is 107 Å². The molecule has 0 bridgehead atoms. The van der Waals surface area contributed by atoms with Crippen LogP contribution in [0.3, 0.4) is 0 Å². The molecular formula is C15H18O3. The lowest BCUT2D eigenvalue weighted by Gasteiger charge is -2.47. The molecule has 0 aromatic rings. The summed E-state index contributed by atoms with van der Waals surface area (Å²) in [5, 5.41) is 0. The van der Waals surface area contributed by atoms with Gasteiger partial charge in [0.05, 0.1) is 7.11 Å². The highest BCUT2D eigenvalue weighted by Crippen LogP contribution is 2.64. The zero-order chi connectivity index (χ0) is 12.8. The second-order valence-corrected chi connectivity index (χ2v) is 5.77. The van der Waals surface area contributed by atoms with E-state index in [-0.39, 0.29) is 22.6 Å². The number of allylic oxidation sites excluding steroid dienone is 4. The first-order chi connectivity index (χ1) is 8.65. The van der Waals surface area contributed by atoms with E-state index in [0.717, 1.165) is 25.7 Å². The van der Waals surface area contributed by atoms with Crippen molar-refractivity contribution in [2.45, 2.75) is 32.1 Å².